The molecule has 0 bridgehead atoms. The zero-order valence-corrected chi connectivity index (χ0v) is 7.72. The molecule has 0 unspecified atom stereocenters. The smallest absolute Gasteiger partial charge is 0.326 e. The van der Waals surface area contributed by atoms with Crippen LogP contribution in [-0.4, -0.2) is 21.3 Å². The number of nitrogens with zero attached hydrogens (tertiary/aromatic N) is 1. The Morgan fingerprint density at radius 1 is 1.57 bits per heavy atom. The van der Waals surface area contributed by atoms with Gasteiger partial charge in [0.05, 0.1) is 11.9 Å². The van der Waals surface area contributed by atoms with Gasteiger partial charge in [0.15, 0.2) is 5.11 Å². The standard InChI is InChI=1S/C6H7N5O2S/c7-5(14)11-8-2-3-1-4(12)10-6(13)9-3/h1-2H,(H3,7,11,14)(H2,9,10,12,13). The molecule has 7 nitrogen and oxygen atoms in total. The fourth-order valence-electron chi connectivity index (χ4n) is 0.723. The molecule has 1 rings (SSSR count). The van der Waals surface area contributed by atoms with E-state index in [0.29, 0.717) is 0 Å². The fraction of sp³-hybridized carbons (Fsp3) is 0. The highest BCUT2D eigenvalue weighted by Gasteiger charge is 1.91. The van der Waals surface area contributed by atoms with Crippen LogP contribution in [0.4, 0.5) is 0 Å². The Labute approximate surface area is 83.0 Å². The van der Waals surface area contributed by atoms with Crippen molar-refractivity contribution in [3.8, 4) is 0 Å². The molecule has 8 heteroatoms. The van der Waals surface area contributed by atoms with Gasteiger partial charge in [0.1, 0.15) is 0 Å². The molecule has 0 aliphatic heterocycles. The first-order chi connectivity index (χ1) is 6.58. The zero-order chi connectivity index (χ0) is 10.6. The van der Waals surface area contributed by atoms with E-state index in [1.165, 1.54) is 12.3 Å². The van der Waals surface area contributed by atoms with Crippen molar-refractivity contribution in [3.63, 3.8) is 0 Å². The lowest BCUT2D eigenvalue weighted by molar-refractivity contribution is 1.01. The van der Waals surface area contributed by atoms with Crippen molar-refractivity contribution in [3.05, 3.63) is 32.6 Å². The molecule has 74 valence electrons. The van der Waals surface area contributed by atoms with E-state index in [0.717, 1.165) is 0 Å². The molecule has 0 atom stereocenters. The quantitative estimate of drug-likeness (QED) is 0.263. The van der Waals surface area contributed by atoms with Crippen molar-refractivity contribution in [1.29, 1.82) is 0 Å². The van der Waals surface area contributed by atoms with Crippen molar-refractivity contribution in [1.82, 2.24) is 15.4 Å². The van der Waals surface area contributed by atoms with Gasteiger partial charge in [-0.2, -0.15) is 5.10 Å². The summed E-state index contributed by atoms with van der Waals surface area (Å²) < 4.78 is 0. The van der Waals surface area contributed by atoms with Crippen LogP contribution in [0, 0.1) is 0 Å². The maximum absolute atomic E-state index is 10.8. The number of H-pyrrole nitrogens is 2. The summed E-state index contributed by atoms with van der Waals surface area (Å²) in [5, 5.41) is 3.55. The molecule has 0 aliphatic carbocycles. The molecule has 0 spiro atoms. The predicted molar refractivity (Wildman–Crippen MR) is 55.2 cm³/mol. The van der Waals surface area contributed by atoms with Crippen LogP contribution < -0.4 is 22.4 Å². The Morgan fingerprint density at radius 3 is 2.86 bits per heavy atom. The lowest BCUT2D eigenvalue weighted by Crippen LogP contribution is -2.25. The number of aromatic nitrogens is 2. The van der Waals surface area contributed by atoms with E-state index >= 15 is 0 Å². The topological polar surface area (TPSA) is 116 Å². The van der Waals surface area contributed by atoms with Crippen LogP contribution in [0.1, 0.15) is 5.69 Å². The maximum Gasteiger partial charge on any atom is 0.326 e. The molecular formula is C6H7N5O2S. The Morgan fingerprint density at radius 2 is 2.29 bits per heavy atom. The molecular weight excluding hydrogens is 206 g/mol. The lowest BCUT2D eigenvalue weighted by atomic mass is 10.4. The Hall–Kier alpha value is -1.96. The predicted octanol–water partition coefficient (Wildman–Crippen LogP) is -1.77. The highest BCUT2D eigenvalue weighted by Crippen LogP contribution is 1.76. The first-order valence-corrected chi connectivity index (χ1v) is 3.91. The summed E-state index contributed by atoms with van der Waals surface area (Å²) in [4.78, 5) is 25.9. The van der Waals surface area contributed by atoms with Crippen molar-refractivity contribution >= 4 is 23.5 Å². The van der Waals surface area contributed by atoms with Crippen molar-refractivity contribution in [2.75, 3.05) is 0 Å². The van der Waals surface area contributed by atoms with Crippen LogP contribution in [0.15, 0.2) is 20.8 Å². The van der Waals surface area contributed by atoms with Gasteiger partial charge in [0, 0.05) is 6.07 Å². The van der Waals surface area contributed by atoms with Crippen LogP contribution in [0.3, 0.4) is 0 Å². The van der Waals surface area contributed by atoms with E-state index in [9.17, 15) is 9.59 Å². The van der Waals surface area contributed by atoms with Crippen molar-refractivity contribution in [2.45, 2.75) is 0 Å². The number of rotatable bonds is 2. The molecule has 0 aliphatic rings. The second-order valence-electron chi connectivity index (χ2n) is 2.28. The van der Waals surface area contributed by atoms with Crippen LogP contribution in [0.2, 0.25) is 0 Å². The molecule has 0 radical (unpaired) electrons. The Bertz CT molecular complexity index is 445. The van der Waals surface area contributed by atoms with Crippen LogP contribution >= 0.6 is 12.2 Å². The van der Waals surface area contributed by atoms with Gasteiger partial charge in [0.2, 0.25) is 0 Å². The van der Waals surface area contributed by atoms with Crippen LogP contribution in [-0.2, 0) is 0 Å². The van der Waals surface area contributed by atoms with E-state index in [1.807, 2.05) is 4.98 Å². The van der Waals surface area contributed by atoms with E-state index in [2.05, 4.69) is 27.7 Å². The summed E-state index contributed by atoms with van der Waals surface area (Å²) in [6, 6.07) is 1.17. The monoisotopic (exact) mass is 213 g/mol. The average Bonchev–Trinajstić information content (AvgIpc) is 2.01. The molecule has 0 fully saturated rings. The Kier molecular flexibility index (Phi) is 3.13. The number of hydrazone groups is 1. The minimum absolute atomic E-state index is 0.00608. The van der Waals surface area contributed by atoms with Gasteiger partial charge >= 0.3 is 5.69 Å². The Balaban J connectivity index is 2.87. The van der Waals surface area contributed by atoms with Gasteiger partial charge in [0.25, 0.3) is 5.56 Å². The number of hydrogen-bond acceptors (Lipinski definition) is 4. The summed E-state index contributed by atoms with van der Waals surface area (Å²) in [5.74, 6) is 0. The molecule has 1 aromatic heterocycles. The van der Waals surface area contributed by atoms with Crippen LogP contribution in [0.25, 0.3) is 0 Å². The van der Waals surface area contributed by atoms with Gasteiger partial charge in [-0.05, 0) is 12.2 Å². The first-order valence-electron chi connectivity index (χ1n) is 3.50. The molecule has 1 heterocycles. The largest absolute Gasteiger partial charge is 0.375 e. The minimum Gasteiger partial charge on any atom is -0.375 e. The van der Waals surface area contributed by atoms with E-state index in [4.69, 9.17) is 5.73 Å². The molecule has 0 saturated carbocycles. The third kappa shape index (κ3) is 3.19. The fourth-order valence-corrected chi connectivity index (χ4v) is 0.775. The summed E-state index contributed by atoms with van der Waals surface area (Å²) in [6.07, 6.45) is 1.22. The van der Waals surface area contributed by atoms with Gasteiger partial charge in [-0.1, -0.05) is 0 Å². The second-order valence-corrected chi connectivity index (χ2v) is 2.72. The zero-order valence-electron chi connectivity index (χ0n) is 6.90. The lowest BCUT2D eigenvalue weighted by Gasteiger charge is -1.93. The normalized spacial score (nSPS) is 10.3. The van der Waals surface area contributed by atoms with Crippen molar-refractivity contribution < 1.29 is 0 Å². The first kappa shape index (κ1) is 10.1. The third-order valence-electron chi connectivity index (χ3n) is 1.16. The number of nitrogens with two attached hydrogens (primary N) is 1. The summed E-state index contributed by atoms with van der Waals surface area (Å²) in [6.45, 7) is 0. The number of hydrogen-bond donors (Lipinski definition) is 4. The second kappa shape index (κ2) is 4.33. The molecule has 0 saturated heterocycles. The molecule has 0 aromatic carbocycles. The minimum atomic E-state index is -0.603. The van der Waals surface area contributed by atoms with E-state index in [-0.39, 0.29) is 10.8 Å². The van der Waals surface area contributed by atoms with Gasteiger partial charge in [-0.25, -0.2) is 4.79 Å². The number of aromatic amines is 2. The highest BCUT2D eigenvalue weighted by atomic mass is 32.1. The number of nitrogens with one attached hydrogen (secondary N) is 3. The molecule has 5 N–H and O–H groups in total. The highest BCUT2D eigenvalue weighted by molar-refractivity contribution is 7.80. The summed E-state index contributed by atoms with van der Waals surface area (Å²) in [5.41, 5.74) is 6.50. The van der Waals surface area contributed by atoms with Gasteiger partial charge < -0.3 is 10.7 Å². The van der Waals surface area contributed by atoms with Gasteiger partial charge in [-0.15, -0.1) is 0 Å². The number of thiocarbonyl (C=S) groups is 1. The molecule has 14 heavy (non-hydrogen) atoms. The average molecular weight is 213 g/mol. The molecule has 1 aromatic rings. The van der Waals surface area contributed by atoms with E-state index in [1.54, 1.807) is 0 Å². The third-order valence-corrected chi connectivity index (χ3v) is 1.25. The SMILES string of the molecule is NC(=S)NN=Cc1cc(=O)[nH]c(=O)[nH]1. The molecule has 0 amide bonds. The van der Waals surface area contributed by atoms with Gasteiger partial charge in [-0.3, -0.25) is 15.2 Å². The maximum atomic E-state index is 10.8. The summed E-state index contributed by atoms with van der Waals surface area (Å²) >= 11 is 4.48. The van der Waals surface area contributed by atoms with Crippen molar-refractivity contribution in [2.24, 2.45) is 10.8 Å². The van der Waals surface area contributed by atoms with Crippen LogP contribution in [0.5, 0.6) is 0 Å². The van der Waals surface area contributed by atoms with E-state index < -0.39 is 11.2 Å². The summed E-state index contributed by atoms with van der Waals surface area (Å²) in [7, 11) is 0.